The molecule has 3 saturated carbocycles. The van der Waals surface area contributed by atoms with Gasteiger partial charge in [-0.3, -0.25) is 14.4 Å². The fourth-order valence-electron chi connectivity index (χ4n) is 12.5. The zero-order valence-corrected chi connectivity index (χ0v) is 49.4. The van der Waals surface area contributed by atoms with Crippen LogP contribution in [-0.4, -0.2) is 106 Å². The van der Waals surface area contributed by atoms with Crippen molar-refractivity contribution in [2.45, 2.75) is 93.5 Å². The highest BCUT2D eigenvalue weighted by Crippen LogP contribution is 2.46. The maximum absolute atomic E-state index is 12.5. The number of aliphatic hydroxyl groups excluding tert-OH is 3. The van der Waals surface area contributed by atoms with E-state index in [1.165, 1.54) is 0 Å². The Balaban J connectivity index is 0.000000148. The van der Waals surface area contributed by atoms with Crippen molar-refractivity contribution < 1.29 is 72.5 Å². The monoisotopic (exact) mass is 1210 g/mol. The van der Waals surface area contributed by atoms with E-state index < -0.39 is 54.5 Å². The van der Waals surface area contributed by atoms with Crippen LogP contribution in [0.2, 0.25) is 0 Å². The molecule has 3 aliphatic carbocycles. The summed E-state index contributed by atoms with van der Waals surface area (Å²) >= 11 is 0. The van der Waals surface area contributed by atoms with Crippen molar-refractivity contribution in [2.24, 2.45) is 35.5 Å². The molecule has 3 heterocycles. The lowest BCUT2D eigenvalue weighted by Crippen LogP contribution is -2.25. The number of ether oxygens (including phenoxy) is 6. The molecule has 0 aromatic heterocycles. The highest BCUT2D eigenvalue weighted by atomic mass is 16.6. The quantitative estimate of drug-likeness (QED) is 0.0414. The van der Waals surface area contributed by atoms with Crippen LogP contribution in [0.1, 0.15) is 86.3 Å². The molecule has 15 atom stereocenters. The van der Waals surface area contributed by atoms with Crippen molar-refractivity contribution in [3.05, 3.63) is 270 Å². The zero-order valence-electron chi connectivity index (χ0n) is 49.4. The summed E-state index contributed by atoms with van der Waals surface area (Å²) in [5, 5.41) is 31.0. The number of hydrogen-bond donors (Lipinski definition) is 3. The highest BCUT2D eigenvalue weighted by Gasteiger charge is 2.53. The van der Waals surface area contributed by atoms with Crippen molar-refractivity contribution in [1.29, 1.82) is 0 Å². The van der Waals surface area contributed by atoms with Crippen LogP contribution in [-0.2, 0) is 42.8 Å². The summed E-state index contributed by atoms with van der Waals surface area (Å²) in [6.45, 7) is 0. The van der Waals surface area contributed by atoms with Gasteiger partial charge in [-0.25, -0.2) is 14.4 Å². The summed E-state index contributed by atoms with van der Waals surface area (Å²) in [5.74, 6) is -2.55. The Bertz CT molecular complexity index is 3180. The molecule has 15 nitrogen and oxygen atoms in total. The van der Waals surface area contributed by atoms with Crippen LogP contribution < -0.4 is 0 Å². The second-order valence-corrected chi connectivity index (χ2v) is 23.0. The zero-order chi connectivity index (χ0) is 62.8. The molecule has 90 heavy (non-hydrogen) atoms. The lowest BCUT2D eigenvalue weighted by Gasteiger charge is -2.20. The van der Waals surface area contributed by atoms with Crippen LogP contribution in [0.25, 0.3) is 18.2 Å². The molecule has 0 spiro atoms. The van der Waals surface area contributed by atoms with E-state index in [0.29, 0.717) is 55.2 Å². The van der Waals surface area contributed by atoms with E-state index >= 15 is 0 Å². The topological polar surface area (TPSA) is 218 Å². The number of hydrogen-bond acceptors (Lipinski definition) is 15. The minimum Gasteiger partial charge on any atom is -0.462 e. The van der Waals surface area contributed by atoms with Gasteiger partial charge in [0.2, 0.25) is 0 Å². The predicted molar refractivity (Wildman–Crippen MR) is 337 cm³/mol. The van der Waals surface area contributed by atoms with Crippen LogP contribution >= 0.6 is 0 Å². The minimum absolute atomic E-state index is 0.0485. The Morgan fingerprint density at radius 1 is 0.356 bits per heavy atom. The number of carbonyl (C=O) groups excluding carboxylic acids is 6. The van der Waals surface area contributed by atoms with Gasteiger partial charge in [-0.15, -0.1) is 0 Å². The lowest BCUT2D eigenvalue weighted by atomic mass is 9.91. The van der Waals surface area contributed by atoms with Gasteiger partial charge in [0.25, 0.3) is 0 Å². The Labute approximate surface area is 523 Å². The van der Waals surface area contributed by atoms with Crippen molar-refractivity contribution >= 4 is 54.0 Å². The van der Waals surface area contributed by atoms with Crippen LogP contribution in [0.5, 0.6) is 0 Å². The van der Waals surface area contributed by atoms with Crippen molar-refractivity contribution in [2.75, 3.05) is 0 Å². The molecule has 6 aromatic carbocycles. The van der Waals surface area contributed by atoms with Crippen molar-refractivity contribution in [3.63, 3.8) is 0 Å². The molecular formula is C75H72O15. The molecule has 0 bridgehead atoms. The fraction of sp³-hybridized carbons (Fsp3) is 0.280. The Kier molecular flexibility index (Phi) is 21.9. The first kappa shape index (κ1) is 63.5. The van der Waals surface area contributed by atoms with Gasteiger partial charge in [0, 0.05) is 54.8 Å². The molecule has 15 heteroatoms. The molecule has 6 aromatic rings. The first-order valence-corrected chi connectivity index (χ1v) is 30.5. The van der Waals surface area contributed by atoms with E-state index in [1.54, 1.807) is 109 Å². The third-order valence-corrected chi connectivity index (χ3v) is 16.9. The summed E-state index contributed by atoms with van der Waals surface area (Å²) in [7, 11) is 0. The van der Waals surface area contributed by atoms with E-state index in [-0.39, 0.29) is 71.7 Å². The third-order valence-electron chi connectivity index (χ3n) is 16.9. The van der Waals surface area contributed by atoms with E-state index in [2.05, 4.69) is 0 Å². The average Bonchev–Trinajstić information content (AvgIpc) is 1.96. The SMILES string of the molecule is O=C1C[C@@H]2[C@@H](/C=C/C(O)/C=C/c3ccccc3)[C@H](OC(=O)c3ccccc3)C[C@@H]2O1.O=C1C[C@@H]2[C@@H](/C=C/[C@@H](O)/C=C/c3ccccc3)[C@H](OC(=O)c3ccccc3)C[C@@H]2O1.O=C1C[C@@H]2[C@@H](/C=C/[C@H](O)/C=C/c3ccccc3)[C@H](OC(=O)c3ccccc3)C[C@@H]2O1. The van der Waals surface area contributed by atoms with Gasteiger partial charge in [-0.1, -0.05) is 219 Å². The van der Waals surface area contributed by atoms with Gasteiger partial charge >= 0.3 is 35.8 Å². The Hall–Kier alpha value is -9.54. The van der Waals surface area contributed by atoms with Gasteiger partial charge in [0.05, 0.1) is 54.3 Å². The average molecular weight is 1210 g/mol. The molecule has 3 N–H and O–H groups in total. The first-order chi connectivity index (χ1) is 43.8. The van der Waals surface area contributed by atoms with Gasteiger partial charge in [-0.2, -0.15) is 0 Å². The van der Waals surface area contributed by atoms with E-state index in [1.807, 2.05) is 146 Å². The summed E-state index contributed by atoms with van der Waals surface area (Å²) in [6.07, 6.45) is 19.2. The Morgan fingerprint density at radius 2 is 0.589 bits per heavy atom. The maximum atomic E-state index is 12.5. The predicted octanol–water partition coefficient (Wildman–Crippen LogP) is 11.4. The molecular weight excluding hydrogens is 1140 g/mol. The Morgan fingerprint density at radius 3 is 0.833 bits per heavy atom. The second-order valence-electron chi connectivity index (χ2n) is 23.0. The van der Waals surface area contributed by atoms with E-state index in [9.17, 15) is 44.1 Å². The van der Waals surface area contributed by atoms with E-state index in [4.69, 9.17) is 28.4 Å². The third kappa shape index (κ3) is 17.4. The summed E-state index contributed by atoms with van der Waals surface area (Å²) in [4.78, 5) is 72.7. The largest absolute Gasteiger partial charge is 0.462 e. The number of benzene rings is 6. The summed E-state index contributed by atoms with van der Waals surface area (Å²) < 4.78 is 33.5. The lowest BCUT2D eigenvalue weighted by molar-refractivity contribution is -0.143. The normalized spacial score (nSPS) is 26.6. The summed E-state index contributed by atoms with van der Waals surface area (Å²) in [6, 6.07) is 55.6. The molecule has 3 saturated heterocycles. The van der Waals surface area contributed by atoms with Gasteiger partial charge < -0.3 is 43.7 Å². The van der Waals surface area contributed by atoms with Crippen LogP contribution in [0.3, 0.4) is 0 Å². The number of aliphatic hydroxyl groups is 3. The van der Waals surface area contributed by atoms with Gasteiger partial charge in [0.15, 0.2) is 0 Å². The van der Waals surface area contributed by atoms with Crippen LogP contribution in [0.4, 0.5) is 0 Å². The maximum Gasteiger partial charge on any atom is 0.338 e. The van der Waals surface area contributed by atoms with Crippen LogP contribution in [0.15, 0.2) is 237 Å². The van der Waals surface area contributed by atoms with Gasteiger partial charge in [0.1, 0.15) is 36.6 Å². The van der Waals surface area contributed by atoms with Crippen molar-refractivity contribution in [3.8, 4) is 0 Å². The number of carbonyl (C=O) groups is 6. The smallest absolute Gasteiger partial charge is 0.338 e. The number of rotatable bonds is 18. The van der Waals surface area contributed by atoms with E-state index in [0.717, 1.165) is 16.7 Å². The fourth-order valence-corrected chi connectivity index (χ4v) is 12.5. The molecule has 6 aliphatic rings. The number of esters is 6. The van der Waals surface area contributed by atoms with Gasteiger partial charge in [-0.05, 0) is 53.1 Å². The molecule has 3 aliphatic heterocycles. The number of fused-ring (bicyclic) bond motifs is 3. The van der Waals surface area contributed by atoms with Crippen molar-refractivity contribution in [1.82, 2.24) is 0 Å². The molecule has 0 amide bonds. The molecule has 6 fully saturated rings. The molecule has 1 unspecified atom stereocenters. The molecule has 462 valence electrons. The molecule has 0 radical (unpaired) electrons. The minimum atomic E-state index is -0.784. The first-order valence-electron chi connectivity index (χ1n) is 30.5. The second kappa shape index (κ2) is 31.1. The van der Waals surface area contributed by atoms with Crippen LogP contribution in [0, 0.1) is 35.5 Å². The highest BCUT2D eigenvalue weighted by molar-refractivity contribution is 5.90. The summed E-state index contributed by atoms with van der Waals surface area (Å²) in [5.41, 5.74) is 4.45. The standard InChI is InChI=1S/3C25H24O5/c3*26-19(12-11-17-7-3-1-4-8-17)13-14-20-21-15-24(27)29-23(21)16-22(20)30-25(28)18-9-5-2-6-10-18/h3*1-14,19-23,26H,15-16H2/b3*12-11+,14-13+/t19?,20-,21-,22-,23+;19-,20+,21+,22+,23-;19-,20-,21-,22-,23+/m101/s1. The molecule has 12 rings (SSSR count).